The molecule has 0 heterocycles. The highest BCUT2D eigenvalue weighted by Gasteiger charge is 2.16. The zero-order valence-corrected chi connectivity index (χ0v) is 15.1. The monoisotopic (exact) mass is 356 g/mol. The molecule has 5 nitrogen and oxygen atoms in total. The molecular weight excluding hydrogens is 328 g/mol. The van der Waals surface area contributed by atoms with Crippen LogP contribution in [0.2, 0.25) is 0 Å². The van der Waals surface area contributed by atoms with Crippen LogP contribution in [-0.2, 0) is 16.1 Å². The zero-order chi connectivity index (χ0) is 16.5. The Morgan fingerprint density at radius 3 is 2.54 bits per heavy atom. The van der Waals surface area contributed by atoms with Crippen molar-refractivity contribution in [2.75, 3.05) is 20.3 Å². The molecule has 136 valence electrons. The van der Waals surface area contributed by atoms with E-state index in [0.717, 1.165) is 17.9 Å². The fourth-order valence-corrected chi connectivity index (χ4v) is 2.85. The normalized spacial score (nSPS) is 16.1. The van der Waals surface area contributed by atoms with Crippen LogP contribution < -0.4 is 15.8 Å². The van der Waals surface area contributed by atoms with Crippen molar-refractivity contribution >= 4 is 18.3 Å². The molecule has 1 aromatic rings. The summed E-state index contributed by atoms with van der Waals surface area (Å²) in [5, 5.41) is 2.84. The van der Waals surface area contributed by atoms with Gasteiger partial charge in [-0.15, -0.1) is 12.4 Å². The van der Waals surface area contributed by atoms with Gasteiger partial charge in [-0.3, -0.25) is 4.79 Å². The van der Waals surface area contributed by atoms with E-state index in [4.69, 9.17) is 15.2 Å². The summed E-state index contributed by atoms with van der Waals surface area (Å²) in [5.74, 6) is 1.26. The van der Waals surface area contributed by atoms with E-state index in [0.29, 0.717) is 12.5 Å². The van der Waals surface area contributed by atoms with Crippen molar-refractivity contribution in [2.45, 2.75) is 44.7 Å². The van der Waals surface area contributed by atoms with E-state index < -0.39 is 6.04 Å². The molecule has 1 saturated carbocycles. The fourth-order valence-electron chi connectivity index (χ4n) is 2.85. The summed E-state index contributed by atoms with van der Waals surface area (Å²) in [4.78, 5) is 12.0. The van der Waals surface area contributed by atoms with Gasteiger partial charge < -0.3 is 20.5 Å². The molecule has 1 amide bonds. The number of hydrogen-bond acceptors (Lipinski definition) is 4. The highest BCUT2D eigenvalue weighted by atomic mass is 35.5. The number of nitrogens with one attached hydrogen (secondary N) is 1. The van der Waals surface area contributed by atoms with Gasteiger partial charge in [-0.05, 0) is 36.5 Å². The number of methoxy groups -OCH3 is 1. The van der Waals surface area contributed by atoms with Gasteiger partial charge in [0.1, 0.15) is 11.8 Å². The SMILES string of the molecule is COc1ccc(CNC(=O)[C@@H](N)COCC2CCCCC2)cc1.Cl. The van der Waals surface area contributed by atoms with Gasteiger partial charge in [0.05, 0.1) is 13.7 Å². The minimum Gasteiger partial charge on any atom is -0.497 e. The van der Waals surface area contributed by atoms with Crippen molar-refractivity contribution in [3.63, 3.8) is 0 Å². The maximum Gasteiger partial charge on any atom is 0.239 e. The van der Waals surface area contributed by atoms with Crippen LogP contribution in [0, 0.1) is 5.92 Å². The standard InChI is InChI=1S/C18H28N2O3.ClH/c1-22-16-9-7-14(8-10-16)11-20-18(21)17(19)13-23-12-15-5-3-2-4-6-15;/h7-10,15,17H,2-6,11-13,19H2,1H3,(H,20,21);1H/t17-;/m0./s1. The number of amides is 1. The maximum absolute atomic E-state index is 12.0. The lowest BCUT2D eigenvalue weighted by atomic mass is 9.90. The smallest absolute Gasteiger partial charge is 0.239 e. The van der Waals surface area contributed by atoms with Crippen molar-refractivity contribution in [1.82, 2.24) is 5.32 Å². The summed E-state index contributed by atoms with van der Waals surface area (Å²) in [6.07, 6.45) is 6.40. The molecule has 3 N–H and O–H groups in total. The molecule has 24 heavy (non-hydrogen) atoms. The van der Waals surface area contributed by atoms with Crippen molar-refractivity contribution < 1.29 is 14.3 Å². The van der Waals surface area contributed by atoms with E-state index in [-0.39, 0.29) is 24.9 Å². The maximum atomic E-state index is 12.0. The lowest BCUT2D eigenvalue weighted by Crippen LogP contribution is -2.43. The molecule has 2 rings (SSSR count). The van der Waals surface area contributed by atoms with Gasteiger partial charge in [0.2, 0.25) is 5.91 Å². The van der Waals surface area contributed by atoms with E-state index in [2.05, 4.69) is 5.32 Å². The third kappa shape index (κ3) is 7.07. The summed E-state index contributed by atoms with van der Waals surface area (Å²) < 4.78 is 10.7. The van der Waals surface area contributed by atoms with Crippen molar-refractivity contribution in [3.8, 4) is 5.75 Å². The molecule has 1 fully saturated rings. The van der Waals surface area contributed by atoms with Gasteiger partial charge >= 0.3 is 0 Å². The molecule has 0 aromatic heterocycles. The largest absolute Gasteiger partial charge is 0.497 e. The highest BCUT2D eigenvalue weighted by molar-refractivity contribution is 5.85. The Kier molecular flexibility index (Phi) is 9.76. The third-order valence-corrected chi connectivity index (χ3v) is 4.34. The van der Waals surface area contributed by atoms with Gasteiger partial charge in [0, 0.05) is 13.2 Å². The van der Waals surface area contributed by atoms with E-state index in [1.807, 2.05) is 24.3 Å². The Hall–Kier alpha value is -1.30. The second kappa shape index (κ2) is 11.3. The van der Waals surface area contributed by atoms with Crippen LogP contribution in [-0.4, -0.2) is 32.3 Å². The Balaban J connectivity index is 0.00000288. The van der Waals surface area contributed by atoms with Crippen LogP contribution in [0.15, 0.2) is 24.3 Å². The molecule has 0 radical (unpaired) electrons. The molecule has 0 aliphatic heterocycles. The molecule has 0 spiro atoms. The van der Waals surface area contributed by atoms with Gasteiger partial charge in [0.25, 0.3) is 0 Å². The predicted octanol–water partition coefficient (Wildman–Crippen LogP) is 2.66. The summed E-state index contributed by atoms with van der Waals surface area (Å²) in [5.41, 5.74) is 6.89. The second-order valence-electron chi connectivity index (χ2n) is 6.21. The Morgan fingerprint density at radius 2 is 1.92 bits per heavy atom. The van der Waals surface area contributed by atoms with Crippen LogP contribution in [0.4, 0.5) is 0 Å². The Labute approximate surface area is 150 Å². The summed E-state index contributed by atoms with van der Waals surface area (Å²) in [7, 11) is 1.63. The quantitative estimate of drug-likeness (QED) is 0.751. The van der Waals surface area contributed by atoms with Crippen molar-refractivity contribution in [1.29, 1.82) is 0 Å². The molecule has 0 unspecified atom stereocenters. The third-order valence-electron chi connectivity index (χ3n) is 4.34. The molecule has 1 aromatic carbocycles. The van der Waals surface area contributed by atoms with E-state index in [1.54, 1.807) is 7.11 Å². The van der Waals surface area contributed by atoms with Crippen LogP contribution in [0.5, 0.6) is 5.75 Å². The number of halogens is 1. The van der Waals surface area contributed by atoms with E-state index in [1.165, 1.54) is 32.1 Å². The Morgan fingerprint density at radius 1 is 1.25 bits per heavy atom. The Bertz CT molecular complexity index is 476. The number of carbonyl (C=O) groups is 1. The van der Waals surface area contributed by atoms with Crippen LogP contribution in [0.3, 0.4) is 0 Å². The van der Waals surface area contributed by atoms with Gasteiger partial charge in [-0.25, -0.2) is 0 Å². The summed E-state index contributed by atoms with van der Waals surface area (Å²) in [6, 6.07) is 6.97. The predicted molar refractivity (Wildman–Crippen MR) is 97.5 cm³/mol. The highest BCUT2D eigenvalue weighted by Crippen LogP contribution is 2.23. The number of benzene rings is 1. The van der Waals surface area contributed by atoms with Gasteiger partial charge in [-0.1, -0.05) is 31.4 Å². The average Bonchev–Trinajstić information content (AvgIpc) is 2.61. The van der Waals surface area contributed by atoms with Gasteiger partial charge in [0.15, 0.2) is 0 Å². The first-order chi connectivity index (χ1) is 11.2. The van der Waals surface area contributed by atoms with E-state index in [9.17, 15) is 4.79 Å². The fraction of sp³-hybridized carbons (Fsp3) is 0.611. The average molecular weight is 357 g/mol. The number of carbonyl (C=O) groups excluding carboxylic acids is 1. The van der Waals surface area contributed by atoms with Crippen LogP contribution >= 0.6 is 12.4 Å². The summed E-state index contributed by atoms with van der Waals surface area (Å²) in [6.45, 7) is 1.46. The second-order valence-corrected chi connectivity index (χ2v) is 6.21. The van der Waals surface area contributed by atoms with Crippen molar-refractivity contribution in [2.24, 2.45) is 11.7 Å². The number of nitrogens with two attached hydrogens (primary N) is 1. The minimum absolute atomic E-state index is 0. The van der Waals surface area contributed by atoms with Gasteiger partial charge in [-0.2, -0.15) is 0 Å². The lowest BCUT2D eigenvalue weighted by molar-refractivity contribution is -0.124. The first-order valence-electron chi connectivity index (χ1n) is 8.43. The van der Waals surface area contributed by atoms with E-state index >= 15 is 0 Å². The minimum atomic E-state index is -0.614. The van der Waals surface area contributed by atoms with Crippen molar-refractivity contribution in [3.05, 3.63) is 29.8 Å². The molecule has 6 heteroatoms. The lowest BCUT2D eigenvalue weighted by Gasteiger charge is -2.22. The molecule has 1 aliphatic carbocycles. The molecule has 0 saturated heterocycles. The molecule has 1 atom stereocenters. The van der Waals surface area contributed by atoms with Crippen LogP contribution in [0.25, 0.3) is 0 Å². The van der Waals surface area contributed by atoms with Crippen LogP contribution in [0.1, 0.15) is 37.7 Å². The number of hydrogen-bond donors (Lipinski definition) is 2. The zero-order valence-electron chi connectivity index (χ0n) is 14.3. The molecule has 0 bridgehead atoms. The first-order valence-corrected chi connectivity index (χ1v) is 8.43. The number of ether oxygens (including phenoxy) is 2. The summed E-state index contributed by atoms with van der Waals surface area (Å²) >= 11 is 0. The first kappa shape index (κ1) is 20.7. The molecular formula is C18H29ClN2O3. The topological polar surface area (TPSA) is 73.6 Å². The number of rotatable bonds is 8. The molecule has 1 aliphatic rings.